The minimum atomic E-state index is -0.190. The number of carbonyl (C=O) groups is 2. The van der Waals surface area contributed by atoms with Crippen LogP contribution in [0.5, 0.6) is 0 Å². The summed E-state index contributed by atoms with van der Waals surface area (Å²) in [5, 5.41) is 2.99. The Labute approximate surface area is 104 Å². The van der Waals surface area contributed by atoms with Crippen LogP contribution in [0.4, 0.5) is 0 Å². The Morgan fingerprint density at radius 2 is 2.29 bits per heavy atom. The van der Waals surface area contributed by atoms with Crippen molar-refractivity contribution in [2.45, 2.75) is 19.4 Å². The molecule has 1 N–H and O–H groups in total. The number of halogens is 1. The Bertz CT molecular complexity index is 444. The Morgan fingerprint density at radius 1 is 1.53 bits per heavy atom. The second-order valence-corrected chi connectivity index (χ2v) is 4.41. The number of nitrogens with one attached hydrogen (secondary N) is 1. The molecule has 1 unspecified atom stereocenters. The minimum Gasteiger partial charge on any atom is -0.440 e. The fraction of sp³-hybridized carbons (Fsp3) is 0.455. The van der Waals surface area contributed by atoms with E-state index in [0.29, 0.717) is 13.1 Å². The van der Waals surface area contributed by atoms with E-state index in [-0.39, 0.29) is 28.8 Å². The van der Waals surface area contributed by atoms with E-state index in [1.165, 1.54) is 13.0 Å². The van der Waals surface area contributed by atoms with Crippen LogP contribution >= 0.6 is 11.6 Å². The van der Waals surface area contributed by atoms with Crippen molar-refractivity contribution in [1.82, 2.24) is 10.2 Å². The predicted octanol–water partition coefficient (Wildman–Crippen LogP) is 1.28. The molecule has 0 saturated carbocycles. The summed E-state index contributed by atoms with van der Waals surface area (Å²) in [5.74, 6) is -0.0337. The summed E-state index contributed by atoms with van der Waals surface area (Å²) in [6, 6.07) is 3.12. The first-order valence-corrected chi connectivity index (χ1v) is 5.76. The van der Waals surface area contributed by atoms with E-state index in [4.69, 9.17) is 16.0 Å². The Balaban J connectivity index is 1.96. The molecule has 0 bridgehead atoms. The SMILES string of the molecule is CC(=O)NC1CCN(C(=O)c2ccc(Cl)o2)C1. The third-order valence-electron chi connectivity index (χ3n) is 2.67. The molecule has 2 rings (SSSR count). The van der Waals surface area contributed by atoms with E-state index in [1.807, 2.05) is 0 Å². The molecule has 2 heterocycles. The highest BCUT2D eigenvalue weighted by molar-refractivity contribution is 6.29. The molecule has 0 radical (unpaired) electrons. The van der Waals surface area contributed by atoms with Crippen LogP contribution in [0.1, 0.15) is 23.9 Å². The zero-order valence-corrected chi connectivity index (χ0v) is 10.2. The molecule has 1 aliphatic rings. The first kappa shape index (κ1) is 12.0. The highest BCUT2D eigenvalue weighted by Gasteiger charge is 2.28. The average molecular weight is 257 g/mol. The third-order valence-corrected chi connectivity index (χ3v) is 2.87. The lowest BCUT2D eigenvalue weighted by Gasteiger charge is -2.15. The second kappa shape index (κ2) is 4.79. The maximum Gasteiger partial charge on any atom is 0.289 e. The van der Waals surface area contributed by atoms with E-state index in [1.54, 1.807) is 11.0 Å². The molecule has 1 aromatic heterocycles. The van der Waals surface area contributed by atoms with Gasteiger partial charge in [0.2, 0.25) is 5.91 Å². The first-order valence-electron chi connectivity index (χ1n) is 5.38. The van der Waals surface area contributed by atoms with E-state index >= 15 is 0 Å². The molecule has 17 heavy (non-hydrogen) atoms. The lowest BCUT2D eigenvalue weighted by molar-refractivity contribution is -0.119. The summed E-state index contributed by atoms with van der Waals surface area (Å²) in [4.78, 5) is 24.5. The van der Waals surface area contributed by atoms with Gasteiger partial charge in [-0.1, -0.05) is 0 Å². The molecule has 1 atom stereocenters. The van der Waals surface area contributed by atoms with Gasteiger partial charge in [0, 0.05) is 26.1 Å². The van der Waals surface area contributed by atoms with Crippen molar-refractivity contribution in [3.05, 3.63) is 23.1 Å². The van der Waals surface area contributed by atoms with Gasteiger partial charge < -0.3 is 14.6 Å². The van der Waals surface area contributed by atoms with Crippen LogP contribution in [0.25, 0.3) is 0 Å². The van der Waals surface area contributed by atoms with Gasteiger partial charge in [-0.15, -0.1) is 0 Å². The smallest absolute Gasteiger partial charge is 0.289 e. The highest BCUT2D eigenvalue weighted by atomic mass is 35.5. The van der Waals surface area contributed by atoms with E-state index in [2.05, 4.69) is 5.32 Å². The summed E-state index contributed by atoms with van der Waals surface area (Å²) >= 11 is 5.61. The van der Waals surface area contributed by atoms with Gasteiger partial charge in [0.15, 0.2) is 11.0 Å². The maximum atomic E-state index is 12.0. The summed E-state index contributed by atoms with van der Waals surface area (Å²) < 4.78 is 5.06. The fourth-order valence-corrected chi connectivity index (χ4v) is 2.08. The Hall–Kier alpha value is -1.49. The van der Waals surface area contributed by atoms with Gasteiger partial charge in [0.25, 0.3) is 5.91 Å². The molecular formula is C11H13ClN2O3. The van der Waals surface area contributed by atoms with Crippen LogP contribution < -0.4 is 5.32 Å². The highest BCUT2D eigenvalue weighted by Crippen LogP contribution is 2.18. The molecule has 1 fully saturated rings. The number of likely N-dealkylation sites (tertiary alicyclic amines) is 1. The standard InChI is InChI=1S/C11H13ClN2O3/c1-7(15)13-8-4-5-14(6-8)11(16)9-2-3-10(12)17-9/h2-3,8H,4-6H2,1H3,(H,13,15). The molecular weight excluding hydrogens is 244 g/mol. The molecule has 1 aliphatic heterocycles. The Morgan fingerprint density at radius 3 is 2.88 bits per heavy atom. The number of nitrogens with zero attached hydrogens (tertiary/aromatic N) is 1. The minimum absolute atomic E-state index is 0.0295. The molecule has 6 heteroatoms. The fourth-order valence-electron chi connectivity index (χ4n) is 1.94. The zero-order chi connectivity index (χ0) is 12.4. The van der Waals surface area contributed by atoms with Crippen molar-refractivity contribution >= 4 is 23.4 Å². The summed E-state index contributed by atoms with van der Waals surface area (Å²) in [7, 11) is 0. The third kappa shape index (κ3) is 2.79. The Kier molecular flexibility index (Phi) is 3.38. The van der Waals surface area contributed by atoms with E-state index in [9.17, 15) is 9.59 Å². The largest absolute Gasteiger partial charge is 0.440 e. The van der Waals surface area contributed by atoms with Crippen molar-refractivity contribution in [1.29, 1.82) is 0 Å². The van der Waals surface area contributed by atoms with Crippen molar-refractivity contribution < 1.29 is 14.0 Å². The van der Waals surface area contributed by atoms with Crippen LogP contribution in [0, 0.1) is 0 Å². The number of amides is 2. The number of hydrogen-bond acceptors (Lipinski definition) is 3. The topological polar surface area (TPSA) is 62.6 Å². The van der Waals surface area contributed by atoms with Crippen LogP contribution in [0.2, 0.25) is 5.22 Å². The van der Waals surface area contributed by atoms with Crippen LogP contribution in [0.3, 0.4) is 0 Å². The van der Waals surface area contributed by atoms with Crippen molar-refractivity contribution in [2.75, 3.05) is 13.1 Å². The normalized spacial score (nSPS) is 19.4. The van der Waals surface area contributed by atoms with Gasteiger partial charge in [-0.3, -0.25) is 9.59 Å². The number of furan rings is 1. The van der Waals surface area contributed by atoms with Gasteiger partial charge in [-0.25, -0.2) is 0 Å². The van der Waals surface area contributed by atoms with Crippen LogP contribution in [-0.4, -0.2) is 35.8 Å². The summed E-state index contributed by atoms with van der Waals surface area (Å²) in [6.45, 7) is 2.59. The molecule has 2 amide bonds. The quantitative estimate of drug-likeness (QED) is 0.867. The lowest BCUT2D eigenvalue weighted by atomic mass is 10.2. The van der Waals surface area contributed by atoms with Crippen LogP contribution in [0.15, 0.2) is 16.5 Å². The maximum absolute atomic E-state index is 12.0. The predicted molar refractivity (Wildman–Crippen MR) is 61.8 cm³/mol. The van der Waals surface area contributed by atoms with Crippen molar-refractivity contribution in [3.63, 3.8) is 0 Å². The van der Waals surface area contributed by atoms with Crippen molar-refractivity contribution in [3.8, 4) is 0 Å². The molecule has 0 spiro atoms. The van der Waals surface area contributed by atoms with Crippen LogP contribution in [-0.2, 0) is 4.79 Å². The van der Waals surface area contributed by atoms with Gasteiger partial charge in [-0.2, -0.15) is 0 Å². The van der Waals surface area contributed by atoms with Gasteiger partial charge in [-0.05, 0) is 30.2 Å². The lowest BCUT2D eigenvalue weighted by Crippen LogP contribution is -2.37. The molecule has 92 valence electrons. The second-order valence-electron chi connectivity index (χ2n) is 4.04. The molecule has 5 nitrogen and oxygen atoms in total. The van der Waals surface area contributed by atoms with Gasteiger partial charge in [0.1, 0.15) is 0 Å². The van der Waals surface area contributed by atoms with E-state index in [0.717, 1.165) is 6.42 Å². The molecule has 0 aliphatic carbocycles. The average Bonchev–Trinajstić information content (AvgIpc) is 2.85. The van der Waals surface area contributed by atoms with Gasteiger partial charge >= 0.3 is 0 Å². The zero-order valence-electron chi connectivity index (χ0n) is 9.40. The number of carbonyl (C=O) groups excluding carboxylic acids is 2. The molecule has 1 aromatic rings. The first-order chi connectivity index (χ1) is 8.06. The van der Waals surface area contributed by atoms with Crippen molar-refractivity contribution in [2.24, 2.45) is 0 Å². The number of hydrogen-bond donors (Lipinski definition) is 1. The van der Waals surface area contributed by atoms with Gasteiger partial charge in [0.05, 0.1) is 0 Å². The molecule has 0 aromatic carbocycles. The summed E-state index contributed by atoms with van der Waals surface area (Å²) in [6.07, 6.45) is 0.764. The monoisotopic (exact) mass is 256 g/mol. The van der Waals surface area contributed by atoms with E-state index < -0.39 is 0 Å². The number of rotatable bonds is 2. The summed E-state index contributed by atoms with van der Waals surface area (Å²) in [5.41, 5.74) is 0. The molecule has 1 saturated heterocycles.